The highest BCUT2D eigenvalue weighted by Gasteiger charge is 2.31. The van der Waals surface area contributed by atoms with Crippen LogP contribution in [0.2, 0.25) is 0 Å². The Kier molecular flexibility index (Phi) is 8.86. The predicted molar refractivity (Wildman–Crippen MR) is 132 cm³/mol. The number of hydrogen-bond donors (Lipinski definition) is 3. The van der Waals surface area contributed by atoms with Gasteiger partial charge >= 0.3 is 18.4 Å². The smallest absolute Gasteiger partial charge is 0.422 e. The summed E-state index contributed by atoms with van der Waals surface area (Å²) in [4.78, 5) is 30.0. The first-order valence-electron chi connectivity index (χ1n) is 12.0. The second-order valence-corrected chi connectivity index (χ2v) is 8.83. The summed E-state index contributed by atoms with van der Waals surface area (Å²) in [6.07, 6.45) is -6.59. The molecule has 0 bridgehead atoms. The molecule has 0 aliphatic carbocycles. The van der Waals surface area contributed by atoms with Crippen LogP contribution in [0.3, 0.4) is 0 Å². The fourth-order valence-electron chi connectivity index (χ4n) is 3.83. The maximum atomic E-state index is 13.1. The molecule has 214 valence electrons. The van der Waals surface area contributed by atoms with Crippen molar-refractivity contribution in [1.82, 2.24) is 24.8 Å². The number of amides is 1. The number of aromatic nitrogens is 4. The molecule has 16 heteroatoms. The van der Waals surface area contributed by atoms with Crippen molar-refractivity contribution in [3.05, 3.63) is 54.2 Å². The van der Waals surface area contributed by atoms with E-state index < -0.39 is 30.5 Å². The maximum absolute atomic E-state index is 13.1. The fraction of sp³-hybridized carbons (Fsp3) is 0.375. The lowest BCUT2D eigenvalue weighted by Crippen LogP contribution is -2.42. The lowest BCUT2D eigenvalue weighted by molar-refractivity contribution is -0.154. The SMILES string of the molecule is O=C(CN1CCC(Nc2nc(Nc3cccc(C(F)(F)F)c3)nc(OCC(F)(F)F)n2)CC1)Nc1ccccn1. The van der Waals surface area contributed by atoms with Crippen LogP contribution in [0, 0.1) is 0 Å². The minimum atomic E-state index is -4.66. The number of nitrogens with one attached hydrogen (secondary N) is 3. The molecular weight excluding hydrogens is 546 g/mol. The number of rotatable bonds is 9. The van der Waals surface area contributed by atoms with Crippen LogP contribution in [-0.2, 0) is 11.0 Å². The highest BCUT2D eigenvalue weighted by atomic mass is 19.4. The number of anilines is 4. The molecule has 0 unspecified atom stereocenters. The third-order valence-corrected chi connectivity index (χ3v) is 5.65. The van der Waals surface area contributed by atoms with Crippen LogP contribution in [0.15, 0.2) is 48.7 Å². The van der Waals surface area contributed by atoms with Gasteiger partial charge in [0.1, 0.15) is 5.82 Å². The van der Waals surface area contributed by atoms with E-state index in [1.54, 1.807) is 24.4 Å². The van der Waals surface area contributed by atoms with Gasteiger partial charge in [0.2, 0.25) is 17.8 Å². The zero-order valence-corrected chi connectivity index (χ0v) is 20.8. The number of ether oxygens (including phenoxy) is 1. The summed E-state index contributed by atoms with van der Waals surface area (Å²) in [5.41, 5.74) is -0.968. The van der Waals surface area contributed by atoms with E-state index in [0.29, 0.717) is 31.7 Å². The maximum Gasteiger partial charge on any atom is 0.422 e. The van der Waals surface area contributed by atoms with Gasteiger partial charge in [-0.1, -0.05) is 12.1 Å². The summed E-state index contributed by atoms with van der Waals surface area (Å²) in [5.74, 6) is -0.207. The van der Waals surface area contributed by atoms with Crippen LogP contribution in [0.4, 0.5) is 49.7 Å². The Hall–Kier alpha value is -4.21. The molecule has 3 N–H and O–H groups in total. The molecule has 3 aromatic rings. The van der Waals surface area contributed by atoms with E-state index in [1.165, 1.54) is 6.07 Å². The molecule has 1 aromatic carbocycles. The van der Waals surface area contributed by atoms with Gasteiger partial charge in [0, 0.05) is 31.0 Å². The number of hydrogen-bond acceptors (Lipinski definition) is 9. The fourth-order valence-corrected chi connectivity index (χ4v) is 3.83. The summed E-state index contributed by atoms with van der Waals surface area (Å²) in [6, 6.07) is 8.47. The Balaban J connectivity index is 1.40. The van der Waals surface area contributed by atoms with Crippen molar-refractivity contribution in [2.45, 2.75) is 31.2 Å². The van der Waals surface area contributed by atoms with Crippen LogP contribution < -0.4 is 20.7 Å². The first-order valence-corrected chi connectivity index (χ1v) is 12.0. The number of nitrogens with zero attached hydrogens (tertiary/aromatic N) is 5. The second kappa shape index (κ2) is 12.3. The van der Waals surface area contributed by atoms with Crippen molar-refractivity contribution in [2.24, 2.45) is 0 Å². The van der Waals surface area contributed by atoms with Crippen LogP contribution in [0.25, 0.3) is 0 Å². The van der Waals surface area contributed by atoms with Gasteiger partial charge in [-0.3, -0.25) is 9.69 Å². The van der Waals surface area contributed by atoms with Crippen molar-refractivity contribution < 1.29 is 35.9 Å². The van der Waals surface area contributed by atoms with E-state index in [-0.39, 0.29) is 36.1 Å². The van der Waals surface area contributed by atoms with Crippen molar-refractivity contribution in [3.63, 3.8) is 0 Å². The van der Waals surface area contributed by atoms with Crippen molar-refractivity contribution in [1.29, 1.82) is 0 Å². The second-order valence-electron chi connectivity index (χ2n) is 8.83. The minimum absolute atomic E-state index is 0.0361. The number of benzene rings is 1. The largest absolute Gasteiger partial charge is 0.454 e. The van der Waals surface area contributed by atoms with Crippen LogP contribution in [-0.4, -0.2) is 69.2 Å². The zero-order valence-electron chi connectivity index (χ0n) is 20.8. The van der Waals surface area contributed by atoms with Crippen LogP contribution in [0.1, 0.15) is 18.4 Å². The van der Waals surface area contributed by atoms with Gasteiger partial charge in [-0.05, 0) is 43.2 Å². The molecule has 10 nitrogen and oxygen atoms in total. The van der Waals surface area contributed by atoms with E-state index in [9.17, 15) is 31.1 Å². The lowest BCUT2D eigenvalue weighted by atomic mass is 10.1. The van der Waals surface area contributed by atoms with Crippen LogP contribution in [0.5, 0.6) is 6.01 Å². The molecule has 1 amide bonds. The number of piperidine rings is 1. The van der Waals surface area contributed by atoms with Gasteiger partial charge in [-0.15, -0.1) is 0 Å². The van der Waals surface area contributed by atoms with Crippen molar-refractivity contribution >= 4 is 29.3 Å². The summed E-state index contributed by atoms with van der Waals surface area (Å²) in [7, 11) is 0. The quantitative estimate of drug-likeness (QED) is 0.320. The minimum Gasteiger partial charge on any atom is -0.454 e. The normalized spacial score (nSPS) is 14.9. The Morgan fingerprint density at radius 1 is 0.975 bits per heavy atom. The van der Waals surface area contributed by atoms with Crippen molar-refractivity contribution in [2.75, 3.05) is 42.2 Å². The van der Waals surface area contributed by atoms with E-state index >= 15 is 0 Å². The molecule has 0 saturated carbocycles. The molecule has 0 radical (unpaired) electrons. The van der Waals surface area contributed by atoms with Crippen molar-refractivity contribution in [3.8, 4) is 6.01 Å². The number of likely N-dealkylation sites (tertiary alicyclic amines) is 1. The summed E-state index contributed by atoms with van der Waals surface area (Å²) < 4.78 is 82.0. The van der Waals surface area contributed by atoms with E-state index in [1.807, 2.05) is 4.90 Å². The Labute approximate surface area is 224 Å². The molecule has 1 fully saturated rings. The number of pyridine rings is 1. The zero-order chi connectivity index (χ0) is 28.8. The van der Waals surface area contributed by atoms with E-state index in [2.05, 4.69) is 40.6 Å². The number of halogens is 6. The van der Waals surface area contributed by atoms with Gasteiger partial charge in [-0.25, -0.2) is 4.98 Å². The number of carbonyl (C=O) groups is 1. The predicted octanol–water partition coefficient (Wildman–Crippen LogP) is 4.49. The highest BCUT2D eigenvalue weighted by molar-refractivity contribution is 5.91. The first kappa shape index (κ1) is 28.8. The molecule has 40 heavy (non-hydrogen) atoms. The average Bonchev–Trinajstić information content (AvgIpc) is 2.88. The van der Waals surface area contributed by atoms with Gasteiger partial charge < -0.3 is 20.7 Å². The third kappa shape index (κ3) is 8.93. The number of carbonyl (C=O) groups excluding carboxylic acids is 1. The Morgan fingerprint density at radius 2 is 1.73 bits per heavy atom. The molecule has 4 rings (SSSR count). The topological polar surface area (TPSA) is 117 Å². The molecular formula is C24H24F6N8O2. The number of alkyl halides is 6. The molecule has 3 heterocycles. The van der Waals surface area contributed by atoms with Gasteiger partial charge in [0.15, 0.2) is 6.61 Å². The average molecular weight is 570 g/mol. The molecule has 1 aliphatic rings. The monoisotopic (exact) mass is 570 g/mol. The summed E-state index contributed by atoms with van der Waals surface area (Å²) >= 11 is 0. The Morgan fingerprint density at radius 3 is 2.40 bits per heavy atom. The van der Waals surface area contributed by atoms with Gasteiger partial charge in [0.05, 0.1) is 12.1 Å². The Bertz CT molecular complexity index is 1280. The molecule has 1 aliphatic heterocycles. The molecule has 0 spiro atoms. The van der Waals surface area contributed by atoms with E-state index in [4.69, 9.17) is 0 Å². The van der Waals surface area contributed by atoms with Gasteiger partial charge in [0.25, 0.3) is 0 Å². The van der Waals surface area contributed by atoms with Gasteiger partial charge in [-0.2, -0.15) is 41.3 Å². The van der Waals surface area contributed by atoms with Crippen LogP contribution >= 0.6 is 0 Å². The van der Waals surface area contributed by atoms with E-state index in [0.717, 1.165) is 18.2 Å². The lowest BCUT2D eigenvalue weighted by Gasteiger charge is -2.31. The molecule has 0 atom stereocenters. The summed E-state index contributed by atoms with van der Waals surface area (Å²) in [5, 5.41) is 8.28. The first-order chi connectivity index (χ1) is 18.9. The third-order valence-electron chi connectivity index (χ3n) is 5.65. The molecule has 2 aromatic heterocycles. The summed E-state index contributed by atoms with van der Waals surface area (Å²) in [6.45, 7) is -0.454. The molecule has 1 saturated heterocycles. The standard InChI is InChI=1S/C24H24F6N8O2/c25-23(26,27)14-40-22-36-20(35-21(37-22)33-17-5-3-4-15(12-17)24(28,29)30)32-16-7-10-38(11-8-16)13-19(39)34-18-6-1-2-9-31-18/h1-6,9,12,16H,7-8,10-11,13-14H2,(H,31,34,39)(H2,32,33,35,36,37). The highest BCUT2D eigenvalue weighted by Crippen LogP contribution is 2.31.